The summed E-state index contributed by atoms with van der Waals surface area (Å²) < 4.78 is 18.1. The molecule has 6 heteroatoms. The molecular formula is C25H29N3O3. The summed E-state index contributed by atoms with van der Waals surface area (Å²) >= 11 is 0. The van der Waals surface area contributed by atoms with Gasteiger partial charge in [-0.05, 0) is 50.4 Å². The van der Waals surface area contributed by atoms with Gasteiger partial charge in [0, 0.05) is 25.1 Å². The van der Waals surface area contributed by atoms with E-state index in [1.54, 1.807) is 0 Å². The number of benzene rings is 2. The SMILES string of the molecule is CO[C@H]1CCCN([C@H]2COc3ccccc3[C@@H]2Nc2cccc3nc(C4CC4)oc23)C1. The molecule has 0 bridgehead atoms. The minimum absolute atomic E-state index is 0.0978. The van der Waals surface area contributed by atoms with Gasteiger partial charge in [0.1, 0.15) is 17.9 Å². The number of likely N-dealkylation sites (tertiary alicyclic amines) is 1. The Morgan fingerprint density at radius 3 is 2.87 bits per heavy atom. The molecule has 1 aliphatic carbocycles. The molecule has 1 saturated heterocycles. The normalized spacial score (nSPS) is 26.4. The number of fused-ring (bicyclic) bond motifs is 2. The molecule has 162 valence electrons. The van der Waals surface area contributed by atoms with Gasteiger partial charge in [-0.25, -0.2) is 4.98 Å². The third kappa shape index (κ3) is 3.58. The molecule has 6 rings (SSSR count). The molecule has 3 heterocycles. The molecule has 2 fully saturated rings. The monoisotopic (exact) mass is 419 g/mol. The van der Waals surface area contributed by atoms with E-state index in [4.69, 9.17) is 18.9 Å². The first kappa shape index (κ1) is 19.1. The van der Waals surface area contributed by atoms with Gasteiger partial charge in [-0.1, -0.05) is 24.3 Å². The van der Waals surface area contributed by atoms with Crippen LogP contribution in [0.25, 0.3) is 11.1 Å². The molecule has 3 aliphatic rings. The lowest BCUT2D eigenvalue weighted by molar-refractivity contribution is -0.00266. The fourth-order valence-electron chi connectivity index (χ4n) is 5.05. The van der Waals surface area contributed by atoms with Crippen molar-refractivity contribution in [1.29, 1.82) is 0 Å². The van der Waals surface area contributed by atoms with Crippen LogP contribution in [0.15, 0.2) is 46.9 Å². The Morgan fingerprint density at radius 2 is 2.00 bits per heavy atom. The number of methoxy groups -OCH3 is 1. The van der Waals surface area contributed by atoms with Crippen molar-refractivity contribution in [3.8, 4) is 5.75 Å². The Labute approximate surface area is 182 Å². The molecule has 1 N–H and O–H groups in total. The minimum atomic E-state index is 0.0978. The molecule has 1 saturated carbocycles. The average molecular weight is 420 g/mol. The zero-order valence-corrected chi connectivity index (χ0v) is 17.9. The van der Waals surface area contributed by atoms with Gasteiger partial charge in [-0.2, -0.15) is 0 Å². The number of rotatable bonds is 5. The highest BCUT2D eigenvalue weighted by Crippen LogP contribution is 2.43. The summed E-state index contributed by atoms with van der Waals surface area (Å²) in [5.74, 6) is 2.34. The molecule has 0 spiro atoms. The number of para-hydroxylation sites is 2. The number of nitrogens with zero attached hydrogens (tertiary/aromatic N) is 2. The molecule has 0 amide bonds. The summed E-state index contributed by atoms with van der Waals surface area (Å²) in [6.07, 6.45) is 4.91. The lowest BCUT2D eigenvalue weighted by Gasteiger charge is -2.44. The van der Waals surface area contributed by atoms with Gasteiger partial charge in [-0.3, -0.25) is 4.90 Å². The largest absolute Gasteiger partial charge is 0.491 e. The van der Waals surface area contributed by atoms with Crippen molar-refractivity contribution >= 4 is 16.8 Å². The summed E-state index contributed by atoms with van der Waals surface area (Å²) in [6.45, 7) is 2.65. The average Bonchev–Trinajstić information content (AvgIpc) is 3.58. The Hall–Kier alpha value is -2.57. The summed E-state index contributed by atoms with van der Waals surface area (Å²) in [7, 11) is 1.82. The van der Waals surface area contributed by atoms with Crippen LogP contribution in [-0.4, -0.2) is 48.8 Å². The third-order valence-corrected chi connectivity index (χ3v) is 6.93. The second-order valence-corrected chi connectivity index (χ2v) is 9.01. The fourth-order valence-corrected chi connectivity index (χ4v) is 5.05. The van der Waals surface area contributed by atoms with E-state index in [-0.39, 0.29) is 18.2 Å². The van der Waals surface area contributed by atoms with Crippen LogP contribution in [0.4, 0.5) is 5.69 Å². The molecular weight excluding hydrogens is 390 g/mol. The van der Waals surface area contributed by atoms with Crippen LogP contribution in [0, 0.1) is 0 Å². The molecule has 0 unspecified atom stereocenters. The van der Waals surface area contributed by atoms with Crippen LogP contribution >= 0.6 is 0 Å². The van der Waals surface area contributed by atoms with Crippen LogP contribution in [0.1, 0.15) is 49.1 Å². The van der Waals surface area contributed by atoms with E-state index in [0.29, 0.717) is 12.5 Å². The lowest BCUT2D eigenvalue weighted by atomic mass is 9.92. The van der Waals surface area contributed by atoms with Crippen molar-refractivity contribution in [2.75, 3.05) is 32.1 Å². The molecule has 1 aromatic heterocycles. The van der Waals surface area contributed by atoms with E-state index >= 15 is 0 Å². The quantitative estimate of drug-likeness (QED) is 0.645. The summed E-state index contributed by atoms with van der Waals surface area (Å²) in [5, 5.41) is 3.84. The van der Waals surface area contributed by atoms with E-state index in [9.17, 15) is 0 Å². The molecule has 31 heavy (non-hydrogen) atoms. The number of nitrogens with one attached hydrogen (secondary N) is 1. The van der Waals surface area contributed by atoms with Crippen LogP contribution < -0.4 is 10.1 Å². The fraction of sp³-hybridized carbons (Fsp3) is 0.480. The van der Waals surface area contributed by atoms with Gasteiger partial charge in [-0.15, -0.1) is 0 Å². The van der Waals surface area contributed by atoms with Crippen molar-refractivity contribution in [1.82, 2.24) is 9.88 Å². The number of aromatic nitrogens is 1. The van der Waals surface area contributed by atoms with Gasteiger partial charge in [0.25, 0.3) is 0 Å². The summed E-state index contributed by atoms with van der Waals surface area (Å²) in [6, 6.07) is 14.9. The standard InChI is InChI=1S/C25H29N3O3/c1-29-17-6-5-13-28(14-17)21-15-30-22-10-3-2-7-18(22)23(21)26-19-8-4-9-20-24(19)31-25(27-20)16-11-12-16/h2-4,7-10,16-17,21,23,26H,5-6,11-15H2,1H3/t17-,21-,23-/m0/s1. The molecule has 6 nitrogen and oxygen atoms in total. The Morgan fingerprint density at radius 1 is 1.10 bits per heavy atom. The van der Waals surface area contributed by atoms with Crippen molar-refractivity contribution < 1.29 is 13.9 Å². The molecule has 3 atom stereocenters. The lowest BCUT2D eigenvalue weighted by Crippen LogP contribution is -2.53. The second kappa shape index (κ2) is 7.84. The maximum Gasteiger partial charge on any atom is 0.198 e. The van der Waals surface area contributed by atoms with E-state index in [1.807, 2.05) is 19.2 Å². The molecule has 2 aromatic carbocycles. The highest BCUT2D eigenvalue weighted by atomic mass is 16.5. The van der Waals surface area contributed by atoms with Gasteiger partial charge in [0.05, 0.1) is 23.9 Å². The Bertz CT molecular complexity index is 1080. The van der Waals surface area contributed by atoms with Crippen LogP contribution in [0.5, 0.6) is 5.75 Å². The highest BCUT2D eigenvalue weighted by Gasteiger charge is 2.37. The number of anilines is 1. The zero-order valence-electron chi connectivity index (χ0n) is 17.9. The van der Waals surface area contributed by atoms with E-state index in [1.165, 1.54) is 18.4 Å². The first-order chi connectivity index (χ1) is 15.3. The number of hydrogen-bond donors (Lipinski definition) is 1. The molecule has 0 radical (unpaired) electrons. The second-order valence-electron chi connectivity index (χ2n) is 9.01. The van der Waals surface area contributed by atoms with Crippen molar-refractivity contribution in [3.05, 3.63) is 53.9 Å². The van der Waals surface area contributed by atoms with Crippen LogP contribution in [-0.2, 0) is 4.74 Å². The van der Waals surface area contributed by atoms with Crippen LogP contribution in [0.2, 0.25) is 0 Å². The first-order valence-electron chi connectivity index (χ1n) is 11.4. The van der Waals surface area contributed by atoms with Gasteiger partial charge in [0.15, 0.2) is 11.5 Å². The topological polar surface area (TPSA) is 59.8 Å². The number of oxazole rings is 1. The maximum atomic E-state index is 6.23. The maximum absolute atomic E-state index is 6.23. The number of hydrogen-bond acceptors (Lipinski definition) is 6. The van der Waals surface area contributed by atoms with Gasteiger partial charge >= 0.3 is 0 Å². The summed E-state index contributed by atoms with van der Waals surface area (Å²) in [4.78, 5) is 7.27. The predicted octanol–water partition coefficient (Wildman–Crippen LogP) is 4.73. The first-order valence-corrected chi connectivity index (χ1v) is 11.4. The van der Waals surface area contributed by atoms with Crippen molar-refractivity contribution in [3.63, 3.8) is 0 Å². The van der Waals surface area contributed by atoms with Crippen LogP contribution in [0.3, 0.4) is 0 Å². The highest BCUT2D eigenvalue weighted by molar-refractivity contribution is 5.86. The number of piperidine rings is 1. The van der Waals surface area contributed by atoms with E-state index < -0.39 is 0 Å². The van der Waals surface area contributed by atoms with E-state index in [0.717, 1.165) is 54.4 Å². The Kier molecular flexibility index (Phi) is 4.84. The van der Waals surface area contributed by atoms with Gasteiger partial charge < -0.3 is 19.2 Å². The molecule has 3 aromatic rings. The van der Waals surface area contributed by atoms with Gasteiger partial charge in [0.2, 0.25) is 0 Å². The smallest absolute Gasteiger partial charge is 0.198 e. The number of ether oxygens (including phenoxy) is 2. The van der Waals surface area contributed by atoms with E-state index in [2.05, 4.69) is 40.5 Å². The van der Waals surface area contributed by atoms with Crippen molar-refractivity contribution in [2.24, 2.45) is 0 Å². The third-order valence-electron chi connectivity index (χ3n) is 6.93. The summed E-state index contributed by atoms with van der Waals surface area (Å²) in [5.41, 5.74) is 3.99. The Balaban J connectivity index is 1.36. The minimum Gasteiger partial charge on any atom is -0.491 e. The zero-order chi connectivity index (χ0) is 20.8. The predicted molar refractivity (Wildman–Crippen MR) is 120 cm³/mol. The van der Waals surface area contributed by atoms with Crippen molar-refractivity contribution in [2.45, 2.75) is 49.8 Å². The molecule has 2 aliphatic heterocycles.